The first-order chi connectivity index (χ1) is 12.2. The number of rotatable bonds is 5. The molecule has 1 atom stereocenters. The summed E-state index contributed by atoms with van der Waals surface area (Å²) in [6, 6.07) is 12.1. The van der Waals surface area contributed by atoms with Crippen LogP contribution in [0.2, 0.25) is 0 Å². The fourth-order valence-corrected chi connectivity index (χ4v) is 2.89. The zero-order valence-corrected chi connectivity index (χ0v) is 16.5. The molecule has 146 valence electrons. The molecular formula is C19H24Cl2N4O2. The molecule has 1 saturated heterocycles. The number of carbonyl (C=O) groups is 2. The predicted molar refractivity (Wildman–Crippen MR) is 110 cm³/mol. The van der Waals surface area contributed by atoms with Crippen molar-refractivity contribution in [3.05, 3.63) is 66.0 Å². The summed E-state index contributed by atoms with van der Waals surface area (Å²) < 4.78 is 0. The molecule has 3 rings (SSSR count). The molecule has 0 aliphatic carbocycles. The number of piperazine rings is 1. The molecule has 0 bridgehead atoms. The van der Waals surface area contributed by atoms with Gasteiger partial charge in [-0.05, 0) is 23.8 Å². The number of nitrogens with zero attached hydrogens (tertiary/aromatic N) is 2. The van der Waals surface area contributed by atoms with Crippen molar-refractivity contribution in [1.29, 1.82) is 0 Å². The standard InChI is InChI=1S/C19H22N4O2.2ClH/c24-18(16-6-2-1-3-7-16)22-17(13-15-5-4-8-21-14-15)19(25)23-11-9-20-10-12-23;;/h1-8,14,17,20H,9-13H2,(H,22,24);2*1H. The van der Waals surface area contributed by atoms with Crippen LogP contribution in [0.15, 0.2) is 54.9 Å². The Morgan fingerprint density at radius 3 is 2.41 bits per heavy atom. The highest BCUT2D eigenvalue weighted by Crippen LogP contribution is 2.08. The summed E-state index contributed by atoms with van der Waals surface area (Å²) >= 11 is 0. The number of carbonyl (C=O) groups excluding carboxylic acids is 2. The van der Waals surface area contributed by atoms with Crippen LogP contribution >= 0.6 is 24.8 Å². The van der Waals surface area contributed by atoms with E-state index in [-0.39, 0.29) is 36.6 Å². The summed E-state index contributed by atoms with van der Waals surface area (Å²) in [6.07, 6.45) is 3.85. The molecule has 0 radical (unpaired) electrons. The lowest BCUT2D eigenvalue weighted by molar-refractivity contribution is -0.133. The monoisotopic (exact) mass is 410 g/mol. The minimum atomic E-state index is -0.602. The van der Waals surface area contributed by atoms with Crippen LogP contribution in [0.4, 0.5) is 0 Å². The van der Waals surface area contributed by atoms with Gasteiger partial charge in [-0.3, -0.25) is 14.6 Å². The Balaban J connectivity index is 0.00000182. The first-order valence-electron chi connectivity index (χ1n) is 8.48. The average Bonchev–Trinajstić information content (AvgIpc) is 2.69. The van der Waals surface area contributed by atoms with Crippen molar-refractivity contribution in [1.82, 2.24) is 20.5 Å². The van der Waals surface area contributed by atoms with E-state index in [4.69, 9.17) is 0 Å². The fraction of sp³-hybridized carbons (Fsp3) is 0.316. The van der Waals surface area contributed by atoms with Gasteiger partial charge in [0, 0.05) is 50.6 Å². The van der Waals surface area contributed by atoms with Crippen molar-refractivity contribution in [2.75, 3.05) is 26.2 Å². The Hall–Kier alpha value is -2.15. The van der Waals surface area contributed by atoms with E-state index in [1.54, 1.807) is 24.5 Å². The van der Waals surface area contributed by atoms with Gasteiger partial charge in [-0.1, -0.05) is 24.3 Å². The molecule has 1 unspecified atom stereocenters. The molecule has 1 aliphatic heterocycles. The molecule has 2 N–H and O–H groups in total. The first kappa shape index (κ1) is 22.9. The molecule has 2 aromatic rings. The molecule has 1 aromatic carbocycles. The molecule has 1 fully saturated rings. The van der Waals surface area contributed by atoms with E-state index in [9.17, 15) is 9.59 Å². The number of amides is 2. The van der Waals surface area contributed by atoms with Gasteiger partial charge in [-0.2, -0.15) is 0 Å². The molecule has 0 saturated carbocycles. The summed E-state index contributed by atoms with van der Waals surface area (Å²) in [6.45, 7) is 2.86. The highest BCUT2D eigenvalue weighted by Gasteiger charge is 2.27. The minimum Gasteiger partial charge on any atom is -0.340 e. The summed E-state index contributed by atoms with van der Waals surface area (Å²) in [7, 11) is 0. The van der Waals surface area contributed by atoms with Crippen molar-refractivity contribution in [2.45, 2.75) is 12.5 Å². The maximum atomic E-state index is 12.9. The number of pyridine rings is 1. The van der Waals surface area contributed by atoms with Gasteiger partial charge in [0.15, 0.2) is 0 Å². The number of hydrogen-bond acceptors (Lipinski definition) is 4. The van der Waals surface area contributed by atoms with Crippen molar-refractivity contribution >= 4 is 36.6 Å². The van der Waals surface area contributed by atoms with Crippen LogP contribution < -0.4 is 10.6 Å². The molecule has 27 heavy (non-hydrogen) atoms. The first-order valence-corrected chi connectivity index (χ1v) is 8.48. The van der Waals surface area contributed by atoms with E-state index in [2.05, 4.69) is 15.6 Å². The summed E-state index contributed by atoms with van der Waals surface area (Å²) in [5.41, 5.74) is 1.47. The van der Waals surface area contributed by atoms with Crippen LogP contribution in [0.3, 0.4) is 0 Å². The Bertz CT molecular complexity index is 710. The molecule has 8 heteroatoms. The normalized spacial score (nSPS) is 14.3. The summed E-state index contributed by atoms with van der Waals surface area (Å²) in [4.78, 5) is 31.4. The zero-order valence-electron chi connectivity index (χ0n) is 14.8. The fourth-order valence-electron chi connectivity index (χ4n) is 2.89. The second-order valence-electron chi connectivity index (χ2n) is 6.03. The SMILES string of the molecule is Cl.Cl.O=C(NC(Cc1cccnc1)C(=O)N1CCNCC1)c1ccccc1. The van der Waals surface area contributed by atoms with Gasteiger partial charge in [-0.15, -0.1) is 24.8 Å². The van der Waals surface area contributed by atoms with Gasteiger partial charge < -0.3 is 15.5 Å². The quantitative estimate of drug-likeness (QED) is 0.786. The lowest BCUT2D eigenvalue weighted by Gasteiger charge is -2.31. The smallest absolute Gasteiger partial charge is 0.251 e. The molecule has 2 amide bonds. The van der Waals surface area contributed by atoms with Gasteiger partial charge in [0.05, 0.1) is 0 Å². The van der Waals surface area contributed by atoms with Gasteiger partial charge >= 0.3 is 0 Å². The number of hydrogen-bond donors (Lipinski definition) is 2. The Morgan fingerprint density at radius 1 is 1.07 bits per heavy atom. The Kier molecular flexibility index (Phi) is 9.78. The van der Waals surface area contributed by atoms with Crippen molar-refractivity contribution in [3.8, 4) is 0 Å². The highest BCUT2D eigenvalue weighted by molar-refractivity contribution is 5.97. The third-order valence-corrected chi connectivity index (χ3v) is 4.23. The van der Waals surface area contributed by atoms with Crippen molar-refractivity contribution in [2.24, 2.45) is 0 Å². The van der Waals surface area contributed by atoms with Gasteiger partial charge in [0.25, 0.3) is 5.91 Å². The second-order valence-corrected chi connectivity index (χ2v) is 6.03. The maximum absolute atomic E-state index is 12.9. The summed E-state index contributed by atoms with van der Waals surface area (Å²) in [5, 5.41) is 6.13. The third-order valence-electron chi connectivity index (χ3n) is 4.23. The second kappa shape index (κ2) is 11.5. The molecule has 1 aromatic heterocycles. The van der Waals surface area contributed by atoms with Crippen LogP contribution in [0.5, 0.6) is 0 Å². The van der Waals surface area contributed by atoms with Gasteiger partial charge in [0.2, 0.25) is 5.91 Å². The molecule has 0 spiro atoms. The molecule has 1 aliphatic rings. The zero-order chi connectivity index (χ0) is 17.5. The van der Waals surface area contributed by atoms with Gasteiger partial charge in [0.1, 0.15) is 6.04 Å². The lowest BCUT2D eigenvalue weighted by Crippen LogP contribution is -2.54. The van der Waals surface area contributed by atoms with Gasteiger partial charge in [-0.25, -0.2) is 0 Å². The van der Waals surface area contributed by atoms with Crippen LogP contribution in [-0.4, -0.2) is 53.9 Å². The van der Waals surface area contributed by atoms with Crippen LogP contribution in [0, 0.1) is 0 Å². The van der Waals surface area contributed by atoms with Crippen LogP contribution in [-0.2, 0) is 11.2 Å². The van der Waals surface area contributed by atoms with Crippen molar-refractivity contribution < 1.29 is 9.59 Å². The van der Waals surface area contributed by atoms with E-state index >= 15 is 0 Å². The average molecular weight is 411 g/mol. The number of halogens is 2. The number of aromatic nitrogens is 1. The predicted octanol–water partition coefficient (Wildman–Crippen LogP) is 1.70. The Labute approximate surface area is 171 Å². The highest BCUT2D eigenvalue weighted by atomic mass is 35.5. The van der Waals surface area contributed by atoms with Crippen LogP contribution in [0.1, 0.15) is 15.9 Å². The molecular weight excluding hydrogens is 387 g/mol. The maximum Gasteiger partial charge on any atom is 0.251 e. The minimum absolute atomic E-state index is 0. The Morgan fingerprint density at radius 2 is 1.78 bits per heavy atom. The largest absolute Gasteiger partial charge is 0.340 e. The van der Waals surface area contributed by atoms with E-state index in [1.165, 1.54) is 0 Å². The summed E-state index contributed by atoms with van der Waals surface area (Å²) in [5.74, 6) is -0.285. The number of benzene rings is 1. The topological polar surface area (TPSA) is 74.3 Å². The third kappa shape index (κ3) is 6.50. The van der Waals surface area contributed by atoms with E-state index < -0.39 is 6.04 Å². The van der Waals surface area contributed by atoms with Crippen molar-refractivity contribution in [3.63, 3.8) is 0 Å². The lowest BCUT2D eigenvalue weighted by atomic mass is 10.1. The van der Waals surface area contributed by atoms with Crippen LogP contribution in [0.25, 0.3) is 0 Å². The molecule has 6 nitrogen and oxygen atoms in total. The van der Waals surface area contributed by atoms with E-state index in [0.29, 0.717) is 25.1 Å². The molecule has 2 heterocycles. The van der Waals surface area contributed by atoms with E-state index in [1.807, 2.05) is 35.2 Å². The number of nitrogens with one attached hydrogen (secondary N) is 2. The van der Waals surface area contributed by atoms with E-state index in [0.717, 1.165) is 18.7 Å².